The van der Waals surface area contributed by atoms with E-state index in [1.807, 2.05) is 61.5 Å². The van der Waals surface area contributed by atoms with E-state index >= 15 is 0 Å². The third-order valence-electron chi connectivity index (χ3n) is 4.68. The van der Waals surface area contributed by atoms with Gasteiger partial charge in [0.1, 0.15) is 5.75 Å². The number of fused-ring (bicyclic) bond motifs is 1. The number of carboxylic acid groups (broad SMARTS) is 1. The monoisotopic (exact) mass is 392 g/mol. The minimum Gasteiger partial charge on any atom is -0.494 e. The Morgan fingerprint density at radius 3 is 2.59 bits per heavy atom. The average molecular weight is 392 g/mol. The lowest BCUT2D eigenvalue weighted by molar-refractivity contribution is -0.141. The highest BCUT2D eigenvalue weighted by atomic mass is 16.5. The van der Waals surface area contributed by atoms with E-state index in [1.54, 1.807) is 6.20 Å². The summed E-state index contributed by atoms with van der Waals surface area (Å²) in [7, 11) is 0. The molecule has 29 heavy (non-hydrogen) atoms. The number of aliphatic carboxylic acids is 1. The molecule has 3 rings (SSSR count). The van der Waals surface area contributed by atoms with Crippen LogP contribution in [0.5, 0.6) is 5.75 Å². The molecule has 1 atom stereocenters. The number of hydrogen-bond donors (Lipinski definition) is 2. The molecular weight excluding hydrogens is 368 g/mol. The highest BCUT2D eigenvalue weighted by Crippen LogP contribution is 2.17. The van der Waals surface area contributed by atoms with Crippen LogP contribution in [-0.4, -0.2) is 35.1 Å². The van der Waals surface area contributed by atoms with Gasteiger partial charge in [0.15, 0.2) is 0 Å². The first-order chi connectivity index (χ1) is 14.1. The Hall–Kier alpha value is -3.41. The number of nitrogens with zero attached hydrogens (tertiary/aromatic N) is 1. The maximum Gasteiger partial charge on any atom is 0.308 e. The summed E-state index contributed by atoms with van der Waals surface area (Å²) in [4.78, 5) is 28.4. The van der Waals surface area contributed by atoms with E-state index in [0.29, 0.717) is 13.0 Å². The lowest BCUT2D eigenvalue weighted by atomic mass is 9.99. The zero-order chi connectivity index (χ0) is 20.6. The minimum absolute atomic E-state index is 0.0690. The highest BCUT2D eigenvalue weighted by Gasteiger charge is 2.19. The van der Waals surface area contributed by atoms with Crippen molar-refractivity contribution in [1.29, 1.82) is 0 Å². The van der Waals surface area contributed by atoms with Crippen LogP contribution in [0.15, 0.2) is 60.8 Å². The van der Waals surface area contributed by atoms with E-state index in [2.05, 4.69) is 10.3 Å². The van der Waals surface area contributed by atoms with Crippen LogP contribution in [0.1, 0.15) is 18.1 Å². The van der Waals surface area contributed by atoms with Crippen molar-refractivity contribution in [2.45, 2.75) is 19.8 Å². The Morgan fingerprint density at radius 2 is 1.86 bits per heavy atom. The molecule has 2 aromatic carbocycles. The summed E-state index contributed by atoms with van der Waals surface area (Å²) in [6, 6.07) is 16.8. The first-order valence-corrected chi connectivity index (χ1v) is 9.60. The molecule has 1 unspecified atom stereocenters. The molecule has 6 heteroatoms. The molecule has 0 saturated carbocycles. The van der Waals surface area contributed by atoms with Crippen molar-refractivity contribution in [2.24, 2.45) is 5.92 Å². The largest absolute Gasteiger partial charge is 0.494 e. The van der Waals surface area contributed by atoms with Crippen molar-refractivity contribution >= 4 is 22.8 Å². The van der Waals surface area contributed by atoms with Crippen molar-refractivity contribution in [1.82, 2.24) is 10.3 Å². The van der Waals surface area contributed by atoms with Gasteiger partial charge in [0.25, 0.3) is 0 Å². The van der Waals surface area contributed by atoms with Gasteiger partial charge >= 0.3 is 5.97 Å². The molecule has 0 fully saturated rings. The Kier molecular flexibility index (Phi) is 6.79. The number of carboxylic acids is 1. The van der Waals surface area contributed by atoms with E-state index < -0.39 is 11.9 Å². The molecule has 1 aromatic heterocycles. The van der Waals surface area contributed by atoms with Crippen molar-refractivity contribution in [2.75, 3.05) is 13.2 Å². The molecule has 0 aliphatic heterocycles. The number of aromatic nitrogens is 1. The molecule has 0 radical (unpaired) electrons. The van der Waals surface area contributed by atoms with Crippen molar-refractivity contribution in [3.63, 3.8) is 0 Å². The summed E-state index contributed by atoms with van der Waals surface area (Å²) in [6.07, 6.45) is 2.18. The quantitative estimate of drug-likeness (QED) is 0.584. The van der Waals surface area contributed by atoms with Gasteiger partial charge in [-0.3, -0.25) is 14.6 Å². The molecule has 150 valence electrons. The smallest absolute Gasteiger partial charge is 0.308 e. The first kappa shape index (κ1) is 20.3. The van der Waals surface area contributed by atoms with Crippen LogP contribution in [0.2, 0.25) is 0 Å². The number of ether oxygens (including phenoxy) is 1. The average Bonchev–Trinajstić information content (AvgIpc) is 2.72. The van der Waals surface area contributed by atoms with Crippen LogP contribution >= 0.6 is 0 Å². The van der Waals surface area contributed by atoms with E-state index in [4.69, 9.17) is 4.74 Å². The second-order valence-electron chi connectivity index (χ2n) is 6.79. The maximum absolute atomic E-state index is 12.4. The molecule has 0 aliphatic rings. The second kappa shape index (κ2) is 9.68. The predicted molar refractivity (Wildman–Crippen MR) is 111 cm³/mol. The zero-order valence-electron chi connectivity index (χ0n) is 16.3. The number of hydrogen-bond acceptors (Lipinski definition) is 4. The van der Waals surface area contributed by atoms with Crippen LogP contribution < -0.4 is 10.1 Å². The zero-order valence-corrected chi connectivity index (χ0v) is 16.3. The van der Waals surface area contributed by atoms with Crippen molar-refractivity contribution in [3.8, 4) is 5.75 Å². The fourth-order valence-corrected chi connectivity index (χ4v) is 3.20. The number of rotatable bonds is 9. The van der Waals surface area contributed by atoms with Crippen LogP contribution in [0.3, 0.4) is 0 Å². The van der Waals surface area contributed by atoms with Crippen LogP contribution in [0.4, 0.5) is 0 Å². The summed E-state index contributed by atoms with van der Waals surface area (Å²) in [6.45, 7) is 2.56. The summed E-state index contributed by atoms with van der Waals surface area (Å²) < 4.78 is 5.40. The number of pyridine rings is 1. The van der Waals surface area contributed by atoms with Gasteiger partial charge in [0.05, 0.1) is 24.5 Å². The number of nitrogens with one attached hydrogen (secondary N) is 1. The predicted octanol–water partition coefficient (Wildman–Crippen LogP) is 3.24. The first-order valence-electron chi connectivity index (χ1n) is 9.60. The van der Waals surface area contributed by atoms with Gasteiger partial charge in [-0.05, 0) is 42.7 Å². The summed E-state index contributed by atoms with van der Waals surface area (Å²) in [5.41, 5.74) is 2.49. The molecule has 1 heterocycles. The Bertz CT molecular complexity index is 980. The fourth-order valence-electron chi connectivity index (χ4n) is 3.20. The van der Waals surface area contributed by atoms with E-state index in [1.165, 1.54) is 0 Å². The highest BCUT2D eigenvalue weighted by molar-refractivity contribution is 5.87. The SMILES string of the molecule is CCOc1ccc(CC(CNC(=O)Cc2cccc3cccnc23)C(=O)O)cc1. The van der Waals surface area contributed by atoms with Crippen LogP contribution in [0.25, 0.3) is 10.9 Å². The second-order valence-corrected chi connectivity index (χ2v) is 6.79. The van der Waals surface area contributed by atoms with Gasteiger partial charge in [0, 0.05) is 18.1 Å². The number of carbonyl (C=O) groups is 2. The number of amides is 1. The third-order valence-corrected chi connectivity index (χ3v) is 4.68. The van der Waals surface area contributed by atoms with Gasteiger partial charge in [0.2, 0.25) is 5.91 Å². The summed E-state index contributed by atoms with van der Waals surface area (Å²) >= 11 is 0. The van der Waals surface area contributed by atoms with Crippen molar-refractivity contribution < 1.29 is 19.4 Å². The molecule has 0 aliphatic carbocycles. The molecular formula is C23H24N2O4. The molecule has 0 saturated heterocycles. The van der Waals surface area contributed by atoms with Crippen LogP contribution in [0, 0.1) is 5.92 Å². The number of para-hydroxylation sites is 1. The van der Waals surface area contributed by atoms with Crippen molar-refractivity contribution in [3.05, 3.63) is 71.9 Å². The topological polar surface area (TPSA) is 88.5 Å². The number of benzene rings is 2. The van der Waals surface area contributed by atoms with E-state index in [9.17, 15) is 14.7 Å². The Balaban J connectivity index is 1.59. The molecule has 2 N–H and O–H groups in total. The summed E-state index contributed by atoms with van der Waals surface area (Å²) in [5.74, 6) is -1.12. The fraction of sp³-hybridized carbons (Fsp3) is 0.261. The molecule has 1 amide bonds. The van der Waals surface area contributed by atoms with Gasteiger partial charge in [-0.25, -0.2) is 0 Å². The molecule has 3 aromatic rings. The lowest BCUT2D eigenvalue weighted by Crippen LogP contribution is -2.35. The van der Waals surface area contributed by atoms with E-state index in [0.717, 1.165) is 27.8 Å². The molecule has 0 spiro atoms. The van der Waals surface area contributed by atoms with Gasteiger partial charge in [-0.2, -0.15) is 0 Å². The standard InChI is InChI=1S/C23H24N2O4/c1-2-29-20-10-8-16(9-11-20)13-19(23(27)28)15-25-21(26)14-18-6-3-5-17-7-4-12-24-22(17)18/h3-12,19H,2,13-15H2,1H3,(H,25,26)(H,27,28). The normalized spacial score (nSPS) is 11.8. The molecule has 0 bridgehead atoms. The molecule has 6 nitrogen and oxygen atoms in total. The summed E-state index contributed by atoms with van der Waals surface area (Å²) in [5, 5.41) is 13.3. The van der Waals surface area contributed by atoms with Crippen LogP contribution in [-0.2, 0) is 22.4 Å². The Morgan fingerprint density at radius 1 is 1.10 bits per heavy atom. The van der Waals surface area contributed by atoms with E-state index in [-0.39, 0.29) is 18.9 Å². The lowest BCUT2D eigenvalue weighted by Gasteiger charge is -2.14. The van der Waals surface area contributed by atoms with Gasteiger partial charge in [-0.15, -0.1) is 0 Å². The van der Waals surface area contributed by atoms with Gasteiger partial charge < -0.3 is 15.2 Å². The minimum atomic E-state index is -0.939. The number of carbonyl (C=O) groups excluding carboxylic acids is 1. The Labute approximate surface area is 169 Å². The van der Waals surface area contributed by atoms with Gasteiger partial charge in [-0.1, -0.05) is 36.4 Å². The third kappa shape index (κ3) is 5.54. The maximum atomic E-state index is 12.4.